The molecule has 0 amide bonds. The van der Waals surface area contributed by atoms with Crippen LogP contribution in [0.2, 0.25) is 0 Å². The van der Waals surface area contributed by atoms with Crippen LogP contribution in [-0.2, 0) is 6.54 Å². The van der Waals surface area contributed by atoms with Crippen molar-refractivity contribution >= 4 is 22.2 Å². The number of aromatic nitrogens is 3. The number of benzene rings is 1. The second kappa shape index (κ2) is 6.15. The van der Waals surface area contributed by atoms with Crippen molar-refractivity contribution in [3.05, 3.63) is 41.5 Å². The Morgan fingerprint density at radius 1 is 1.24 bits per heavy atom. The summed E-state index contributed by atoms with van der Waals surface area (Å²) in [6.45, 7) is 4.90. The fraction of sp³-hybridized carbons (Fsp3) is 0.267. The summed E-state index contributed by atoms with van der Waals surface area (Å²) in [4.78, 5) is 4.31. The van der Waals surface area contributed by atoms with Crippen LogP contribution in [0.5, 0.6) is 10.9 Å². The maximum Gasteiger partial charge on any atom is 0.299 e. The van der Waals surface area contributed by atoms with Gasteiger partial charge in [0.2, 0.25) is 0 Å². The number of ether oxygens (including phenoxy) is 1. The number of rotatable bonds is 5. The van der Waals surface area contributed by atoms with E-state index < -0.39 is 0 Å². The lowest BCUT2D eigenvalue weighted by Gasteiger charge is -2.04. The highest BCUT2D eigenvalue weighted by Gasteiger charge is 2.07. The van der Waals surface area contributed by atoms with E-state index in [1.807, 2.05) is 30.3 Å². The molecule has 3 rings (SSSR count). The Balaban J connectivity index is 1.72. The monoisotopic (exact) mass is 300 g/mol. The molecule has 0 spiro atoms. The maximum absolute atomic E-state index is 5.75. The quantitative estimate of drug-likeness (QED) is 0.782. The minimum Gasteiger partial charge on any atom is -0.430 e. The van der Waals surface area contributed by atoms with Crippen LogP contribution in [0.1, 0.15) is 18.9 Å². The van der Waals surface area contributed by atoms with Crippen molar-refractivity contribution in [1.82, 2.24) is 20.5 Å². The van der Waals surface area contributed by atoms with Gasteiger partial charge in [-0.3, -0.25) is 4.98 Å². The number of nitrogens with zero attached hydrogens (tertiary/aromatic N) is 3. The molecule has 0 aliphatic carbocycles. The van der Waals surface area contributed by atoms with Gasteiger partial charge in [-0.25, -0.2) is 0 Å². The molecule has 2 heterocycles. The summed E-state index contributed by atoms with van der Waals surface area (Å²) in [5.41, 5.74) is 0.904. The van der Waals surface area contributed by atoms with Gasteiger partial charge in [0.25, 0.3) is 5.19 Å². The van der Waals surface area contributed by atoms with Gasteiger partial charge in [0.15, 0.2) is 0 Å². The normalized spacial score (nSPS) is 11.2. The molecular weight excluding hydrogens is 284 g/mol. The van der Waals surface area contributed by atoms with E-state index in [0.29, 0.717) is 17.8 Å². The standard InChI is InChI=1S/C15H16N4OS/c1-10(2)17-9-14-18-19-15(21-14)20-12-6-5-11-4-3-7-16-13(11)8-12/h3-8,10,17H,9H2,1-2H3. The minimum atomic E-state index is 0.421. The van der Waals surface area contributed by atoms with Gasteiger partial charge in [0.05, 0.1) is 12.1 Å². The second-order valence-corrected chi connectivity index (χ2v) is 5.98. The van der Waals surface area contributed by atoms with E-state index in [4.69, 9.17) is 4.74 Å². The van der Waals surface area contributed by atoms with Crippen molar-refractivity contribution in [3.63, 3.8) is 0 Å². The van der Waals surface area contributed by atoms with Crippen LogP contribution < -0.4 is 10.1 Å². The lowest BCUT2D eigenvalue weighted by molar-refractivity contribution is 0.473. The molecule has 0 atom stereocenters. The first kappa shape index (κ1) is 13.9. The molecule has 0 bridgehead atoms. The minimum absolute atomic E-state index is 0.421. The summed E-state index contributed by atoms with van der Waals surface area (Å²) in [6.07, 6.45) is 1.77. The number of hydrogen-bond acceptors (Lipinski definition) is 6. The van der Waals surface area contributed by atoms with Crippen molar-refractivity contribution in [1.29, 1.82) is 0 Å². The van der Waals surface area contributed by atoms with E-state index in [2.05, 4.69) is 34.3 Å². The molecule has 0 saturated carbocycles. The summed E-state index contributed by atoms with van der Waals surface area (Å²) in [6, 6.07) is 10.2. The maximum atomic E-state index is 5.75. The summed E-state index contributed by atoms with van der Waals surface area (Å²) in [7, 11) is 0. The van der Waals surface area contributed by atoms with Crippen LogP contribution >= 0.6 is 11.3 Å². The van der Waals surface area contributed by atoms with Crippen molar-refractivity contribution in [2.45, 2.75) is 26.4 Å². The van der Waals surface area contributed by atoms with Crippen molar-refractivity contribution in [3.8, 4) is 10.9 Å². The van der Waals surface area contributed by atoms with Gasteiger partial charge in [0, 0.05) is 23.7 Å². The first-order valence-electron chi connectivity index (χ1n) is 6.79. The van der Waals surface area contributed by atoms with Crippen LogP contribution in [0.15, 0.2) is 36.5 Å². The highest BCUT2D eigenvalue weighted by molar-refractivity contribution is 7.13. The van der Waals surface area contributed by atoms with E-state index in [1.54, 1.807) is 6.20 Å². The van der Waals surface area contributed by atoms with Gasteiger partial charge in [-0.1, -0.05) is 36.3 Å². The molecule has 0 aliphatic heterocycles. The van der Waals surface area contributed by atoms with Crippen LogP contribution in [0.25, 0.3) is 10.9 Å². The van der Waals surface area contributed by atoms with Gasteiger partial charge < -0.3 is 10.1 Å². The van der Waals surface area contributed by atoms with Crippen LogP contribution in [0, 0.1) is 0 Å². The zero-order chi connectivity index (χ0) is 14.7. The average molecular weight is 300 g/mol. The number of nitrogens with one attached hydrogen (secondary N) is 1. The van der Waals surface area contributed by atoms with E-state index >= 15 is 0 Å². The summed E-state index contributed by atoms with van der Waals surface area (Å²) >= 11 is 1.45. The average Bonchev–Trinajstić information content (AvgIpc) is 2.92. The van der Waals surface area contributed by atoms with Crippen molar-refractivity contribution < 1.29 is 4.74 Å². The fourth-order valence-electron chi connectivity index (χ4n) is 1.85. The molecule has 0 fully saturated rings. The van der Waals surface area contributed by atoms with Gasteiger partial charge >= 0.3 is 0 Å². The molecule has 1 aromatic carbocycles. The predicted molar refractivity (Wildman–Crippen MR) is 83.7 cm³/mol. The molecule has 0 unspecified atom stereocenters. The van der Waals surface area contributed by atoms with Gasteiger partial charge in [-0.05, 0) is 18.2 Å². The second-order valence-electron chi connectivity index (χ2n) is 4.96. The van der Waals surface area contributed by atoms with Crippen molar-refractivity contribution in [2.75, 3.05) is 0 Å². The number of hydrogen-bond donors (Lipinski definition) is 1. The van der Waals surface area contributed by atoms with Crippen LogP contribution in [0.3, 0.4) is 0 Å². The Bertz CT molecular complexity index is 741. The molecule has 0 saturated heterocycles. The number of fused-ring (bicyclic) bond motifs is 1. The Kier molecular flexibility index (Phi) is 4.08. The topological polar surface area (TPSA) is 59.9 Å². The third kappa shape index (κ3) is 3.53. The Hall–Kier alpha value is -2.05. The summed E-state index contributed by atoms with van der Waals surface area (Å²) < 4.78 is 5.75. The Morgan fingerprint density at radius 3 is 3.00 bits per heavy atom. The van der Waals surface area contributed by atoms with Gasteiger partial charge in [-0.15, -0.1) is 5.10 Å². The fourth-order valence-corrected chi connectivity index (χ4v) is 2.51. The van der Waals surface area contributed by atoms with Gasteiger partial charge in [-0.2, -0.15) is 0 Å². The van der Waals surface area contributed by atoms with Crippen LogP contribution in [-0.4, -0.2) is 21.2 Å². The lowest BCUT2D eigenvalue weighted by Crippen LogP contribution is -2.21. The molecular formula is C15H16N4OS. The zero-order valence-corrected chi connectivity index (χ0v) is 12.7. The van der Waals surface area contributed by atoms with Crippen LogP contribution in [0.4, 0.5) is 0 Å². The lowest BCUT2D eigenvalue weighted by atomic mass is 10.2. The Morgan fingerprint density at radius 2 is 2.14 bits per heavy atom. The van der Waals surface area contributed by atoms with E-state index in [1.165, 1.54) is 11.3 Å². The molecule has 2 aromatic heterocycles. The van der Waals surface area contributed by atoms with Gasteiger partial charge in [0.1, 0.15) is 10.8 Å². The predicted octanol–water partition coefficient (Wildman–Crippen LogP) is 3.38. The first-order chi connectivity index (χ1) is 10.2. The summed E-state index contributed by atoms with van der Waals surface area (Å²) in [5.74, 6) is 0.723. The molecule has 5 nitrogen and oxygen atoms in total. The first-order valence-corrected chi connectivity index (χ1v) is 7.61. The van der Waals surface area contributed by atoms with E-state index in [0.717, 1.165) is 21.7 Å². The SMILES string of the molecule is CC(C)NCc1nnc(Oc2ccc3cccnc3c2)s1. The molecule has 21 heavy (non-hydrogen) atoms. The molecule has 3 aromatic rings. The van der Waals surface area contributed by atoms with E-state index in [-0.39, 0.29) is 0 Å². The largest absolute Gasteiger partial charge is 0.430 e. The highest BCUT2D eigenvalue weighted by atomic mass is 32.1. The third-order valence-electron chi connectivity index (χ3n) is 2.89. The highest BCUT2D eigenvalue weighted by Crippen LogP contribution is 2.27. The smallest absolute Gasteiger partial charge is 0.299 e. The Labute approximate surface area is 127 Å². The molecule has 0 radical (unpaired) electrons. The third-order valence-corrected chi connectivity index (χ3v) is 3.69. The number of pyridine rings is 1. The molecule has 0 aliphatic rings. The summed E-state index contributed by atoms with van der Waals surface area (Å²) in [5, 5.41) is 14.0. The van der Waals surface area contributed by atoms with E-state index in [9.17, 15) is 0 Å². The van der Waals surface area contributed by atoms with Crippen molar-refractivity contribution in [2.24, 2.45) is 0 Å². The molecule has 1 N–H and O–H groups in total. The zero-order valence-electron chi connectivity index (χ0n) is 11.9. The molecule has 108 valence electrons. The molecule has 6 heteroatoms.